The zero-order valence-corrected chi connectivity index (χ0v) is 7.80. The van der Waals surface area contributed by atoms with Gasteiger partial charge >= 0.3 is 0 Å². The zero-order valence-electron chi connectivity index (χ0n) is 6.21. The average Bonchev–Trinajstić information content (AvgIpc) is 1.99. The van der Waals surface area contributed by atoms with E-state index in [1.165, 1.54) is 0 Å². The summed E-state index contributed by atoms with van der Waals surface area (Å²) in [6.45, 7) is 1.92. The molecular weight excluding hydrogens is 204 g/mol. The molecule has 0 aliphatic rings. The summed E-state index contributed by atoms with van der Waals surface area (Å²) in [5.41, 5.74) is 0.835. The predicted octanol–water partition coefficient (Wildman–Crippen LogP) is 3.19. The molecule has 0 atom stereocenters. The van der Waals surface area contributed by atoms with E-state index in [0.717, 1.165) is 10.0 Å². The van der Waals surface area contributed by atoms with E-state index in [-0.39, 0.29) is 0 Å². The van der Waals surface area contributed by atoms with Crippen LogP contribution >= 0.6 is 15.9 Å². The molecule has 0 unspecified atom stereocenters. The second-order valence-corrected chi connectivity index (χ2v) is 3.03. The summed E-state index contributed by atoms with van der Waals surface area (Å²) >= 11 is 3.23. The van der Waals surface area contributed by atoms with Crippen molar-refractivity contribution in [2.75, 3.05) is 0 Å². The summed E-state index contributed by atoms with van der Waals surface area (Å²) in [6, 6.07) is 5.56. The van der Waals surface area contributed by atoms with Crippen LogP contribution in [0.4, 0.5) is 0 Å². The standard InChI is InChI=1S/C9H9BrO/c1-2-4-7-5-3-6-8(10)9(7)11/h2-6,11H,1H3. The Morgan fingerprint density at radius 3 is 2.82 bits per heavy atom. The Hall–Kier alpha value is -0.760. The van der Waals surface area contributed by atoms with Gasteiger partial charge in [0.05, 0.1) is 4.47 Å². The van der Waals surface area contributed by atoms with Crippen molar-refractivity contribution in [3.8, 4) is 5.75 Å². The minimum absolute atomic E-state index is 0.297. The predicted molar refractivity (Wildman–Crippen MR) is 50.5 cm³/mol. The first kappa shape index (κ1) is 8.34. The first-order valence-electron chi connectivity index (χ1n) is 3.36. The van der Waals surface area contributed by atoms with E-state index < -0.39 is 0 Å². The smallest absolute Gasteiger partial charge is 0.136 e. The van der Waals surface area contributed by atoms with E-state index in [2.05, 4.69) is 15.9 Å². The lowest BCUT2D eigenvalue weighted by molar-refractivity contribution is 0.470. The molecule has 0 saturated carbocycles. The Morgan fingerprint density at radius 2 is 2.18 bits per heavy atom. The van der Waals surface area contributed by atoms with Gasteiger partial charge in [-0.25, -0.2) is 0 Å². The van der Waals surface area contributed by atoms with Gasteiger partial charge in [0.1, 0.15) is 5.75 Å². The quantitative estimate of drug-likeness (QED) is 0.759. The van der Waals surface area contributed by atoms with E-state index in [0.29, 0.717) is 5.75 Å². The molecule has 0 fully saturated rings. The van der Waals surface area contributed by atoms with Gasteiger partial charge in [0.25, 0.3) is 0 Å². The SMILES string of the molecule is CC=Cc1cccc(Br)c1O. The number of phenolic OH excluding ortho intramolecular Hbond substituents is 1. The van der Waals surface area contributed by atoms with E-state index in [1.807, 2.05) is 37.3 Å². The lowest BCUT2D eigenvalue weighted by Crippen LogP contribution is -1.74. The molecule has 2 heteroatoms. The molecule has 0 saturated heterocycles. The highest BCUT2D eigenvalue weighted by atomic mass is 79.9. The van der Waals surface area contributed by atoms with E-state index in [4.69, 9.17) is 0 Å². The molecule has 0 radical (unpaired) electrons. The van der Waals surface area contributed by atoms with E-state index >= 15 is 0 Å². The van der Waals surface area contributed by atoms with Crippen molar-refractivity contribution in [3.05, 3.63) is 34.3 Å². The Kier molecular flexibility index (Phi) is 2.71. The summed E-state index contributed by atoms with van der Waals surface area (Å²) < 4.78 is 0.730. The summed E-state index contributed by atoms with van der Waals surface area (Å²) in [7, 11) is 0. The third kappa shape index (κ3) is 1.84. The maximum atomic E-state index is 9.43. The second-order valence-electron chi connectivity index (χ2n) is 2.18. The van der Waals surface area contributed by atoms with Crippen LogP contribution in [0.3, 0.4) is 0 Å². The number of phenols is 1. The Labute approximate surface area is 74.5 Å². The third-order valence-corrected chi connectivity index (χ3v) is 2.00. The van der Waals surface area contributed by atoms with E-state index in [1.54, 1.807) is 0 Å². The van der Waals surface area contributed by atoms with Crippen LogP contribution in [0.2, 0.25) is 0 Å². The van der Waals surface area contributed by atoms with Crippen molar-refractivity contribution < 1.29 is 5.11 Å². The van der Waals surface area contributed by atoms with Crippen LogP contribution < -0.4 is 0 Å². The number of hydrogen-bond acceptors (Lipinski definition) is 1. The molecule has 0 aliphatic heterocycles. The van der Waals surface area contributed by atoms with Crippen LogP contribution in [0.25, 0.3) is 6.08 Å². The highest BCUT2D eigenvalue weighted by Gasteiger charge is 1.99. The van der Waals surface area contributed by atoms with Crippen LogP contribution in [-0.2, 0) is 0 Å². The van der Waals surface area contributed by atoms with Gasteiger partial charge in [-0.05, 0) is 28.9 Å². The number of allylic oxidation sites excluding steroid dienone is 1. The fraction of sp³-hybridized carbons (Fsp3) is 0.111. The maximum absolute atomic E-state index is 9.43. The molecule has 1 rings (SSSR count). The highest BCUT2D eigenvalue weighted by molar-refractivity contribution is 9.10. The molecular formula is C9H9BrO. The minimum Gasteiger partial charge on any atom is -0.506 e. The summed E-state index contributed by atoms with van der Waals surface area (Å²) in [6.07, 6.45) is 3.75. The van der Waals surface area contributed by atoms with Gasteiger partial charge in [0.2, 0.25) is 0 Å². The van der Waals surface area contributed by atoms with Crippen LogP contribution in [0.15, 0.2) is 28.7 Å². The van der Waals surface area contributed by atoms with Crippen molar-refractivity contribution in [2.24, 2.45) is 0 Å². The fourth-order valence-corrected chi connectivity index (χ4v) is 1.23. The summed E-state index contributed by atoms with van der Waals surface area (Å²) in [4.78, 5) is 0. The molecule has 1 aromatic carbocycles. The maximum Gasteiger partial charge on any atom is 0.136 e. The molecule has 0 bridgehead atoms. The van der Waals surface area contributed by atoms with Gasteiger partial charge in [-0.3, -0.25) is 0 Å². The molecule has 0 aliphatic carbocycles. The second kappa shape index (κ2) is 3.58. The lowest BCUT2D eigenvalue weighted by Gasteiger charge is -1.99. The number of halogens is 1. The van der Waals surface area contributed by atoms with Crippen molar-refractivity contribution >= 4 is 22.0 Å². The third-order valence-electron chi connectivity index (χ3n) is 1.36. The van der Waals surface area contributed by atoms with Crippen molar-refractivity contribution in [3.63, 3.8) is 0 Å². The van der Waals surface area contributed by atoms with Gasteiger partial charge in [-0.15, -0.1) is 0 Å². The lowest BCUT2D eigenvalue weighted by atomic mass is 10.2. The minimum atomic E-state index is 0.297. The van der Waals surface area contributed by atoms with Gasteiger partial charge < -0.3 is 5.11 Å². The monoisotopic (exact) mass is 212 g/mol. The number of rotatable bonds is 1. The van der Waals surface area contributed by atoms with Crippen molar-refractivity contribution in [2.45, 2.75) is 6.92 Å². The van der Waals surface area contributed by atoms with E-state index in [9.17, 15) is 5.11 Å². The Morgan fingerprint density at radius 1 is 1.45 bits per heavy atom. The fourth-order valence-electron chi connectivity index (χ4n) is 0.846. The van der Waals surface area contributed by atoms with Gasteiger partial charge in [-0.2, -0.15) is 0 Å². The Balaban J connectivity index is 3.16. The molecule has 0 heterocycles. The molecule has 0 amide bonds. The Bertz CT molecular complexity index is 279. The summed E-state index contributed by atoms with van der Waals surface area (Å²) in [5, 5.41) is 9.43. The first-order valence-corrected chi connectivity index (χ1v) is 4.15. The summed E-state index contributed by atoms with van der Waals surface area (Å²) in [5.74, 6) is 0.297. The number of aromatic hydroxyl groups is 1. The highest BCUT2D eigenvalue weighted by Crippen LogP contribution is 2.27. The van der Waals surface area contributed by atoms with Crippen molar-refractivity contribution in [1.82, 2.24) is 0 Å². The average molecular weight is 213 g/mol. The largest absolute Gasteiger partial charge is 0.506 e. The number of benzene rings is 1. The first-order chi connectivity index (χ1) is 5.25. The van der Waals surface area contributed by atoms with Gasteiger partial charge in [0, 0.05) is 5.56 Å². The molecule has 1 N–H and O–H groups in total. The number of hydrogen-bond donors (Lipinski definition) is 1. The normalized spacial score (nSPS) is 10.7. The van der Waals surface area contributed by atoms with Gasteiger partial charge in [-0.1, -0.05) is 24.3 Å². The van der Waals surface area contributed by atoms with Crippen molar-refractivity contribution in [1.29, 1.82) is 0 Å². The molecule has 0 aromatic heterocycles. The molecule has 1 nitrogen and oxygen atoms in total. The topological polar surface area (TPSA) is 20.2 Å². The number of para-hydroxylation sites is 1. The molecule has 1 aromatic rings. The molecule has 58 valence electrons. The van der Waals surface area contributed by atoms with Crippen LogP contribution in [-0.4, -0.2) is 5.11 Å². The van der Waals surface area contributed by atoms with Gasteiger partial charge in [0.15, 0.2) is 0 Å². The molecule has 11 heavy (non-hydrogen) atoms. The van der Waals surface area contributed by atoms with Crippen LogP contribution in [0, 0.1) is 0 Å². The van der Waals surface area contributed by atoms with Crippen LogP contribution in [0.5, 0.6) is 5.75 Å². The van der Waals surface area contributed by atoms with Crippen LogP contribution in [0.1, 0.15) is 12.5 Å². The molecule has 0 spiro atoms. The zero-order chi connectivity index (χ0) is 8.27.